The summed E-state index contributed by atoms with van der Waals surface area (Å²) in [7, 11) is 2.10. The first-order valence-corrected chi connectivity index (χ1v) is 8.61. The first-order chi connectivity index (χ1) is 10.1. The van der Waals surface area contributed by atoms with Crippen molar-refractivity contribution in [2.45, 2.75) is 45.1 Å². The number of thiophene rings is 1. The molecule has 2 aromatic heterocycles. The lowest BCUT2D eigenvalue weighted by molar-refractivity contribution is 0.673. The van der Waals surface area contributed by atoms with Crippen LogP contribution in [0.15, 0.2) is 17.5 Å². The topological polar surface area (TPSA) is 29.0 Å². The molecule has 0 amide bonds. The highest BCUT2D eigenvalue weighted by molar-refractivity contribution is 7.09. The second-order valence-corrected chi connectivity index (χ2v) is 7.23. The molecule has 0 saturated heterocycles. The van der Waals surface area contributed by atoms with Gasteiger partial charge >= 0.3 is 0 Å². The Bertz CT molecular complexity index is 623. The molecular weight excluding hydrogens is 302 g/mol. The molecule has 2 heterocycles. The monoisotopic (exact) mass is 321 g/mol. The third kappa shape index (κ3) is 3.22. The Balaban J connectivity index is 1.84. The quantitative estimate of drug-likeness (QED) is 0.762. The highest BCUT2D eigenvalue weighted by Crippen LogP contribution is 2.40. The second-order valence-electron chi connectivity index (χ2n) is 5.84. The molecule has 0 aliphatic heterocycles. The number of likely N-dealkylation sites (N-methyl/N-ethyl adjacent to an activating group) is 1. The minimum absolute atomic E-state index is 0.375. The van der Waals surface area contributed by atoms with Crippen LogP contribution in [0.3, 0.4) is 0 Å². The van der Waals surface area contributed by atoms with Crippen molar-refractivity contribution in [1.82, 2.24) is 9.97 Å². The van der Waals surface area contributed by atoms with Gasteiger partial charge in [-0.15, -0.1) is 11.3 Å². The van der Waals surface area contributed by atoms with E-state index in [2.05, 4.69) is 41.4 Å². The Morgan fingerprint density at radius 1 is 1.43 bits per heavy atom. The molecule has 1 aliphatic carbocycles. The molecule has 3 rings (SSSR count). The van der Waals surface area contributed by atoms with E-state index in [1.54, 1.807) is 11.3 Å². The maximum Gasteiger partial charge on any atom is 0.137 e. The van der Waals surface area contributed by atoms with E-state index in [1.165, 1.54) is 17.7 Å². The van der Waals surface area contributed by atoms with E-state index < -0.39 is 0 Å². The molecule has 1 atom stereocenters. The predicted molar refractivity (Wildman–Crippen MR) is 89.6 cm³/mol. The highest BCUT2D eigenvalue weighted by Gasteiger charge is 2.29. The molecule has 112 valence electrons. The largest absolute Gasteiger partial charge is 0.356 e. The molecule has 1 fully saturated rings. The van der Waals surface area contributed by atoms with Gasteiger partial charge in [-0.2, -0.15) is 0 Å². The highest BCUT2D eigenvalue weighted by atomic mass is 35.5. The van der Waals surface area contributed by atoms with Crippen LogP contribution in [0.4, 0.5) is 5.82 Å². The van der Waals surface area contributed by atoms with E-state index >= 15 is 0 Å². The number of nitrogens with zero attached hydrogens (tertiary/aromatic N) is 3. The smallest absolute Gasteiger partial charge is 0.137 e. The van der Waals surface area contributed by atoms with Crippen molar-refractivity contribution in [2.24, 2.45) is 0 Å². The summed E-state index contributed by atoms with van der Waals surface area (Å²) >= 11 is 8.11. The van der Waals surface area contributed by atoms with Gasteiger partial charge in [0.15, 0.2) is 0 Å². The predicted octanol–water partition coefficient (Wildman–Crippen LogP) is 4.44. The average Bonchev–Trinajstić information content (AvgIpc) is 3.19. The molecule has 5 heteroatoms. The molecule has 0 aromatic carbocycles. The second kappa shape index (κ2) is 5.93. The van der Waals surface area contributed by atoms with Gasteiger partial charge in [0, 0.05) is 35.9 Å². The molecule has 3 nitrogen and oxygen atoms in total. The SMILES string of the molecule is Cc1c(Cl)nc(C2CC2)nc1N(C)C(C)Cc1cccs1. The lowest BCUT2D eigenvalue weighted by Gasteiger charge is -2.27. The van der Waals surface area contributed by atoms with E-state index in [9.17, 15) is 0 Å². The lowest BCUT2D eigenvalue weighted by Crippen LogP contribution is -2.32. The fourth-order valence-corrected chi connectivity index (χ4v) is 3.42. The number of aromatic nitrogens is 2. The Hall–Kier alpha value is -1.13. The van der Waals surface area contributed by atoms with Crippen molar-refractivity contribution in [3.63, 3.8) is 0 Å². The van der Waals surface area contributed by atoms with Crippen LogP contribution in [-0.2, 0) is 6.42 Å². The normalized spacial score (nSPS) is 16.0. The zero-order chi connectivity index (χ0) is 15.0. The Morgan fingerprint density at radius 2 is 2.19 bits per heavy atom. The van der Waals surface area contributed by atoms with Crippen molar-refractivity contribution in [3.05, 3.63) is 38.9 Å². The van der Waals surface area contributed by atoms with Crippen LogP contribution < -0.4 is 4.90 Å². The third-order valence-electron chi connectivity index (χ3n) is 4.09. The molecular formula is C16H20ClN3S. The summed E-state index contributed by atoms with van der Waals surface area (Å²) < 4.78 is 0. The van der Waals surface area contributed by atoms with Crippen LogP contribution in [-0.4, -0.2) is 23.1 Å². The maximum absolute atomic E-state index is 6.31. The van der Waals surface area contributed by atoms with Crippen molar-refractivity contribution in [1.29, 1.82) is 0 Å². The van der Waals surface area contributed by atoms with Crippen LogP contribution in [0.5, 0.6) is 0 Å². The van der Waals surface area contributed by atoms with Crippen LogP contribution in [0, 0.1) is 6.92 Å². The van der Waals surface area contributed by atoms with Crippen molar-refractivity contribution < 1.29 is 0 Å². The molecule has 21 heavy (non-hydrogen) atoms. The van der Waals surface area contributed by atoms with E-state index in [-0.39, 0.29) is 0 Å². The van der Waals surface area contributed by atoms with Gasteiger partial charge in [0.05, 0.1) is 0 Å². The number of rotatable bonds is 5. The van der Waals surface area contributed by atoms with Gasteiger partial charge in [0.25, 0.3) is 0 Å². The van der Waals surface area contributed by atoms with Gasteiger partial charge in [0.1, 0.15) is 16.8 Å². The van der Waals surface area contributed by atoms with Gasteiger partial charge < -0.3 is 4.90 Å². The summed E-state index contributed by atoms with van der Waals surface area (Å²) in [6.45, 7) is 4.23. The van der Waals surface area contributed by atoms with Crippen LogP contribution in [0.2, 0.25) is 5.15 Å². The summed E-state index contributed by atoms with van der Waals surface area (Å²) in [5.41, 5.74) is 0.974. The Kier molecular flexibility index (Phi) is 4.18. The fourth-order valence-electron chi connectivity index (χ4n) is 2.43. The molecule has 2 aromatic rings. The number of hydrogen-bond donors (Lipinski definition) is 0. The maximum atomic E-state index is 6.31. The third-order valence-corrected chi connectivity index (χ3v) is 5.36. The standard InChI is InChI=1S/C16H20ClN3S/c1-10(9-13-5-4-8-21-13)20(3)16-11(2)14(17)18-15(19-16)12-6-7-12/h4-5,8,10,12H,6-7,9H2,1-3H3. The van der Waals surface area contributed by atoms with Gasteiger partial charge in [-0.1, -0.05) is 17.7 Å². The molecule has 1 saturated carbocycles. The number of anilines is 1. The summed E-state index contributed by atoms with van der Waals surface area (Å²) in [6, 6.07) is 4.66. The molecule has 0 N–H and O–H groups in total. The van der Waals surface area contributed by atoms with E-state index in [1.807, 2.05) is 6.92 Å². The molecule has 1 aliphatic rings. The molecule has 0 bridgehead atoms. The Morgan fingerprint density at radius 3 is 2.81 bits per heavy atom. The summed E-state index contributed by atoms with van der Waals surface area (Å²) in [5, 5.41) is 2.72. The van der Waals surface area contributed by atoms with Crippen molar-refractivity contribution in [3.8, 4) is 0 Å². The first kappa shape index (κ1) is 14.8. The first-order valence-electron chi connectivity index (χ1n) is 7.35. The molecule has 0 radical (unpaired) electrons. The summed E-state index contributed by atoms with van der Waals surface area (Å²) in [5.74, 6) is 2.40. The van der Waals surface area contributed by atoms with Gasteiger partial charge in [-0.25, -0.2) is 9.97 Å². The molecule has 1 unspecified atom stereocenters. The number of halogens is 1. The lowest BCUT2D eigenvalue weighted by atomic mass is 10.1. The van der Waals surface area contributed by atoms with Gasteiger partial charge in [0.2, 0.25) is 0 Å². The zero-order valence-electron chi connectivity index (χ0n) is 12.6. The zero-order valence-corrected chi connectivity index (χ0v) is 14.2. The fraction of sp³-hybridized carbons (Fsp3) is 0.500. The van der Waals surface area contributed by atoms with Crippen LogP contribution >= 0.6 is 22.9 Å². The summed E-state index contributed by atoms with van der Waals surface area (Å²) in [4.78, 5) is 12.9. The van der Waals surface area contributed by atoms with E-state index in [4.69, 9.17) is 16.6 Å². The minimum Gasteiger partial charge on any atom is -0.356 e. The summed E-state index contributed by atoms with van der Waals surface area (Å²) in [6.07, 6.45) is 3.40. The Labute approximate surface area is 135 Å². The number of hydrogen-bond acceptors (Lipinski definition) is 4. The van der Waals surface area contributed by atoms with Gasteiger partial charge in [-0.3, -0.25) is 0 Å². The average molecular weight is 322 g/mol. The molecule has 0 spiro atoms. The minimum atomic E-state index is 0.375. The van der Waals surface area contributed by atoms with Crippen molar-refractivity contribution in [2.75, 3.05) is 11.9 Å². The van der Waals surface area contributed by atoms with Crippen molar-refractivity contribution >= 4 is 28.8 Å². The van der Waals surface area contributed by atoms with E-state index in [0.717, 1.165) is 23.6 Å². The van der Waals surface area contributed by atoms with Crippen LogP contribution in [0.25, 0.3) is 0 Å². The van der Waals surface area contributed by atoms with Gasteiger partial charge in [-0.05, 0) is 38.1 Å². The van der Waals surface area contributed by atoms with E-state index in [0.29, 0.717) is 17.1 Å². The van der Waals surface area contributed by atoms with Crippen LogP contribution in [0.1, 0.15) is 41.9 Å².